The number of nitrogen functional groups attached to an aromatic ring is 1. The quantitative estimate of drug-likeness (QED) is 0.693. The number of piperazine rings is 1. The lowest BCUT2D eigenvalue weighted by Gasteiger charge is -2.32. The molecule has 1 unspecified atom stereocenters. The molecule has 1 fully saturated rings. The number of rotatable bonds is 1. The van der Waals surface area contributed by atoms with Gasteiger partial charge in [-0.15, -0.1) is 0 Å². The molecule has 2 rings (SSSR count). The minimum atomic E-state index is -0.488. The van der Waals surface area contributed by atoms with Gasteiger partial charge in [0.05, 0.1) is 5.69 Å². The van der Waals surface area contributed by atoms with Crippen LogP contribution < -0.4 is 11.1 Å². The Bertz CT molecular complexity index is 461. The molecule has 6 nitrogen and oxygen atoms in total. The normalized spacial score (nSPS) is 19.9. The first-order chi connectivity index (χ1) is 8.11. The average Bonchev–Trinajstić information content (AvgIpc) is 2.32. The summed E-state index contributed by atoms with van der Waals surface area (Å²) in [6, 6.07) is 2.80. The number of hydrogen-bond acceptors (Lipinski definition) is 4. The summed E-state index contributed by atoms with van der Waals surface area (Å²) < 4.78 is 0. The van der Waals surface area contributed by atoms with Crippen LogP contribution in [0.15, 0.2) is 18.3 Å². The molecular weight excluding hydrogens is 220 g/mol. The van der Waals surface area contributed by atoms with Crippen molar-refractivity contribution in [1.29, 1.82) is 0 Å². The fourth-order valence-electron chi connectivity index (χ4n) is 1.79. The Morgan fingerprint density at radius 3 is 3.12 bits per heavy atom. The molecule has 2 heterocycles. The molecule has 6 heteroatoms. The van der Waals surface area contributed by atoms with Crippen LogP contribution in [0.2, 0.25) is 0 Å². The van der Waals surface area contributed by atoms with E-state index in [0.29, 0.717) is 18.8 Å². The van der Waals surface area contributed by atoms with Crippen molar-refractivity contribution in [2.75, 3.05) is 18.8 Å². The Kier molecular flexibility index (Phi) is 2.95. The maximum absolute atomic E-state index is 12.2. The van der Waals surface area contributed by atoms with Gasteiger partial charge < -0.3 is 16.0 Å². The van der Waals surface area contributed by atoms with Crippen LogP contribution in [0.5, 0.6) is 0 Å². The average molecular weight is 234 g/mol. The van der Waals surface area contributed by atoms with Crippen molar-refractivity contribution in [2.24, 2.45) is 0 Å². The molecule has 0 aromatic carbocycles. The first-order valence-electron chi connectivity index (χ1n) is 5.40. The van der Waals surface area contributed by atoms with Crippen molar-refractivity contribution in [2.45, 2.75) is 13.0 Å². The number of aromatic nitrogens is 1. The molecule has 1 aromatic heterocycles. The molecule has 90 valence electrons. The van der Waals surface area contributed by atoms with E-state index in [0.717, 1.165) is 0 Å². The minimum absolute atomic E-state index is 0.154. The first kappa shape index (κ1) is 11.4. The number of nitrogens with two attached hydrogens (primary N) is 1. The Morgan fingerprint density at radius 1 is 1.65 bits per heavy atom. The number of hydrogen-bond donors (Lipinski definition) is 2. The third kappa shape index (κ3) is 2.06. The second-order valence-corrected chi connectivity index (χ2v) is 3.91. The second-order valence-electron chi connectivity index (χ2n) is 3.91. The SMILES string of the molecule is CC1C(=O)NCCN1C(=O)c1ncccc1N. The summed E-state index contributed by atoms with van der Waals surface area (Å²) in [5.41, 5.74) is 6.23. The summed E-state index contributed by atoms with van der Waals surface area (Å²) in [4.78, 5) is 29.1. The molecule has 0 radical (unpaired) electrons. The lowest BCUT2D eigenvalue weighted by atomic mass is 10.1. The summed E-state index contributed by atoms with van der Waals surface area (Å²) >= 11 is 0. The number of anilines is 1. The molecular formula is C11H14N4O2. The van der Waals surface area contributed by atoms with Crippen molar-refractivity contribution >= 4 is 17.5 Å². The van der Waals surface area contributed by atoms with Gasteiger partial charge in [-0.3, -0.25) is 9.59 Å². The molecule has 1 saturated heterocycles. The highest BCUT2D eigenvalue weighted by atomic mass is 16.2. The van der Waals surface area contributed by atoms with Crippen molar-refractivity contribution in [3.05, 3.63) is 24.0 Å². The molecule has 1 aromatic rings. The van der Waals surface area contributed by atoms with E-state index >= 15 is 0 Å². The number of nitrogens with zero attached hydrogens (tertiary/aromatic N) is 2. The Balaban J connectivity index is 2.26. The van der Waals surface area contributed by atoms with Crippen molar-refractivity contribution in [3.63, 3.8) is 0 Å². The number of nitrogens with one attached hydrogen (secondary N) is 1. The zero-order valence-electron chi connectivity index (χ0n) is 9.51. The largest absolute Gasteiger partial charge is 0.397 e. The zero-order valence-corrected chi connectivity index (χ0v) is 9.51. The van der Waals surface area contributed by atoms with E-state index in [4.69, 9.17) is 5.73 Å². The van der Waals surface area contributed by atoms with Crippen LogP contribution in [-0.2, 0) is 4.79 Å². The molecule has 17 heavy (non-hydrogen) atoms. The van der Waals surface area contributed by atoms with Crippen LogP contribution >= 0.6 is 0 Å². The van der Waals surface area contributed by atoms with Crippen molar-refractivity contribution in [1.82, 2.24) is 15.2 Å². The van der Waals surface area contributed by atoms with E-state index in [9.17, 15) is 9.59 Å². The number of pyridine rings is 1. The van der Waals surface area contributed by atoms with Gasteiger partial charge in [-0.1, -0.05) is 0 Å². The van der Waals surface area contributed by atoms with E-state index < -0.39 is 6.04 Å². The van der Waals surface area contributed by atoms with Gasteiger partial charge in [-0.05, 0) is 19.1 Å². The maximum Gasteiger partial charge on any atom is 0.275 e. The number of carbonyl (C=O) groups excluding carboxylic acids is 2. The van der Waals surface area contributed by atoms with E-state index in [-0.39, 0.29) is 17.5 Å². The molecule has 1 aliphatic rings. The van der Waals surface area contributed by atoms with Gasteiger partial charge in [-0.25, -0.2) is 4.98 Å². The van der Waals surface area contributed by atoms with Crippen LogP contribution in [0.1, 0.15) is 17.4 Å². The van der Waals surface area contributed by atoms with Crippen LogP contribution in [0, 0.1) is 0 Å². The second kappa shape index (κ2) is 4.40. The van der Waals surface area contributed by atoms with Crippen molar-refractivity contribution < 1.29 is 9.59 Å². The highest BCUT2D eigenvalue weighted by Gasteiger charge is 2.31. The van der Waals surface area contributed by atoms with E-state index in [1.165, 1.54) is 11.1 Å². The zero-order chi connectivity index (χ0) is 12.4. The third-order valence-corrected chi connectivity index (χ3v) is 2.80. The van der Waals surface area contributed by atoms with E-state index in [1.54, 1.807) is 19.1 Å². The van der Waals surface area contributed by atoms with Gasteiger partial charge in [0, 0.05) is 19.3 Å². The van der Waals surface area contributed by atoms with Crippen LogP contribution in [-0.4, -0.2) is 40.8 Å². The van der Waals surface area contributed by atoms with Crippen LogP contribution in [0.3, 0.4) is 0 Å². The van der Waals surface area contributed by atoms with Gasteiger partial charge in [0.1, 0.15) is 6.04 Å². The lowest BCUT2D eigenvalue weighted by molar-refractivity contribution is -0.127. The molecule has 1 aliphatic heterocycles. The lowest BCUT2D eigenvalue weighted by Crippen LogP contribution is -2.56. The Hall–Kier alpha value is -2.11. The molecule has 2 amide bonds. The van der Waals surface area contributed by atoms with Gasteiger partial charge in [0.25, 0.3) is 5.91 Å². The van der Waals surface area contributed by atoms with E-state index in [2.05, 4.69) is 10.3 Å². The maximum atomic E-state index is 12.2. The topological polar surface area (TPSA) is 88.3 Å². The Labute approximate surface area is 98.8 Å². The minimum Gasteiger partial charge on any atom is -0.397 e. The summed E-state index contributed by atoms with van der Waals surface area (Å²) in [6.07, 6.45) is 1.51. The first-order valence-corrected chi connectivity index (χ1v) is 5.40. The van der Waals surface area contributed by atoms with Gasteiger partial charge in [0.15, 0.2) is 5.69 Å². The summed E-state index contributed by atoms with van der Waals surface area (Å²) in [6.45, 7) is 2.62. The van der Waals surface area contributed by atoms with Crippen LogP contribution in [0.25, 0.3) is 0 Å². The predicted octanol–water partition coefficient (Wildman–Crippen LogP) is -0.376. The van der Waals surface area contributed by atoms with E-state index in [1.807, 2.05) is 0 Å². The number of carbonyl (C=O) groups is 2. The monoisotopic (exact) mass is 234 g/mol. The highest BCUT2D eigenvalue weighted by Crippen LogP contribution is 2.14. The van der Waals surface area contributed by atoms with Gasteiger partial charge >= 0.3 is 0 Å². The molecule has 1 atom stereocenters. The summed E-state index contributed by atoms with van der Waals surface area (Å²) in [5.74, 6) is -0.454. The fourth-order valence-corrected chi connectivity index (χ4v) is 1.79. The smallest absolute Gasteiger partial charge is 0.275 e. The number of amides is 2. The highest BCUT2D eigenvalue weighted by molar-refractivity contribution is 6.00. The van der Waals surface area contributed by atoms with Crippen LogP contribution in [0.4, 0.5) is 5.69 Å². The third-order valence-electron chi connectivity index (χ3n) is 2.80. The molecule has 0 saturated carbocycles. The fraction of sp³-hybridized carbons (Fsp3) is 0.364. The van der Waals surface area contributed by atoms with Gasteiger partial charge in [-0.2, -0.15) is 0 Å². The summed E-state index contributed by atoms with van der Waals surface area (Å²) in [5, 5.41) is 2.70. The molecule has 0 aliphatic carbocycles. The molecule has 3 N–H and O–H groups in total. The predicted molar refractivity (Wildman–Crippen MR) is 62.2 cm³/mol. The molecule has 0 spiro atoms. The van der Waals surface area contributed by atoms with Crippen molar-refractivity contribution in [3.8, 4) is 0 Å². The van der Waals surface area contributed by atoms with Gasteiger partial charge in [0.2, 0.25) is 5.91 Å². The molecule has 0 bridgehead atoms. The standard InChI is InChI=1S/C11H14N4O2/c1-7-10(16)14-5-6-15(7)11(17)9-8(12)3-2-4-13-9/h2-4,7H,5-6,12H2,1H3,(H,14,16). The summed E-state index contributed by atoms with van der Waals surface area (Å²) in [7, 11) is 0. The Morgan fingerprint density at radius 2 is 2.41 bits per heavy atom.